The molecular weight excluding hydrogens is 416 g/mol. The van der Waals surface area contributed by atoms with Gasteiger partial charge in [0.25, 0.3) is 11.8 Å². The average Bonchev–Trinajstić information content (AvgIpc) is 3.13. The molecule has 9 heteroatoms. The second-order valence-corrected chi connectivity index (χ2v) is 7.07. The SMILES string of the molecule is COc1ccc(C(=O)N(CC(OC)OC)C2CC(=O)N(c3ccc(OC)cc3)C2=O)cc1. The number of hydrogen-bond donors (Lipinski definition) is 0. The molecule has 0 radical (unpaired) electrons. The third-order valence-electron chi connectivity index (χ3n) is 5.30. The average molecular weight is 442 g/mol. The van der Waals surface area contributed by atoms with E-state index in [4.69, 9.17) is 18.9 Å². The molecule has 1 aliphatic rings. The highest BCUT2D eigenvalue weighted by molar-refractivity contribution is 6.23. The van der Waals surface area contributed by atoms with Gasteiger partial charge in [-0.2, -0.15) is 0 Å². The van der Waals surface area contributed by atoms with E-state index in [2.05, 4.69) is 0 Å². The number of carbonyl (C=O) groups excluding carboxylic acids is 3. The molecule has 2 aromatic carbocycles. The zero-order chi connectivity index (χ0) is 23.3. The number of carbonyl (C=O) groups is 3. The van der Waals surface area contributed by atoms with Crippen molar-refractivity contribution >= 4 is 23.4 Å². The van der Waals surface area contributed by atoms with Gasteiger partial charge in [-0.25, -0.2) is 4.90 Å². The van der Waals surface area contributed by atoms with Gasteiger partial charge in [-0.1, -0.05) is 0 Å². The predicted molar refractivity (Wildman–Crippen MR) is 116 cm³/mol. The van der Waals surface area contributed by atoms with Crippen LogP contribution in [-0.2, 0) is 19.1 Å². The van der Waals surface area contributed by atoms with E-state index in [1.54, 1.807) is 48.5 Å². The lowest BCUT2D eigenvalue weighted by molar-refractivity contribution is -0.128. The largest absolute Gasteiger partial charge is 0.497 e. The third kappa shape index (κ3) is 4.74. The molecule has 1 fully saturated rings. The molecule has 1 unspecified atom stereocenters. The predicted octanol–water partition coefficient (Wildman–Crippen LogP) is 2.10. The van der Waals surface area contributed by atoms with E-state index in [9.17, 15) is 14.4 Å². The Morgan fingerprint density at radius 3 is 1.97 bits per heavy atom. The first-order chi connectivity index (χ1) is 15.4. The summed E-state index contributed by atoms with van der Waals surface area (Å²) in [5.41, 5.74) is 0.759. The van der Waals surface area contributed by atoms with Gasteiger partial charge >= 0.3 is 0 Å². The van der Waals surface area contributed by atoms with Crippen LogP contribution in [0.5, 0.6) is 11.5 Å². The molecule has 0 aromatic heterocycles. The molecule has 2 aromatic rings. The van der Waals surface area contributed by atoms with Crippen LogP contribution >= 0.6 is 0 Å². The topological polar surface area (TPSA) is 94.6 Å². The highest BCUT2D eigenvalue weighted by Gasteiger charge is 2.45. The van der Waals surface area contributed by atoms with Gasteiger partial charge < -0.3 is 23.8 Å². The van der Waals surface area contributed by atoms with Crippen LogP contribution in [0.3, 0.4) is 0 Å². The highest BCUT2D eigenvalue weighted by atomic mass is 16.7. The molecular formula is C23H26N2O7. The van der Waals surface area contributed by atoms with E-state index in [1.807, 2.05) is 0 Å². The summed E-state index contributed by atoms with van der Waals surface area (Å²) in [6.07, 6.45) is -0.914. The van der Waals surface area contributed by atoms with Gasteiger partial charge in [0.2, 0.25) is 5.91 Å². The van der Waals surface area contributed by atoms with Gasteiger partial charge in [0.1, 0.15) is 17.5 Å². The first kappa shape index (κ1) is 23.2. The van der Waals surface area contributed by atoms with Crippen LogP contribution < -0.4 is 14.4 Å². The van der Waals surface area contributed by atoms with Crippen LogP contribution in [-0.4, -0.2) is 69.9 Å². The second kappa shape index (κ2) is 10.3. The summed E-state index contributed by atoms with van der Waals surface area (Å²) >= 11 is 0. The molecule has 0 spiro atoms. The number of methoxy groups -OCH3 is 4. The molecule has 1 aliphatic heterocycles. The maximum absolute atomic E-state index is 13.4. The molecule has 170 valence electrons. The van der Waals surface area contributed by atoms with Crippen LogP contribution in [0.2, 0.25) is 0 Å². The zero-order valence-electron chi connectivity index (χ0n) is 18.4. The molecule has 3 rings (SSSR count). The lowest BCUT2D eigenvalue weighted by Crippen LogP contribution is -2.49. The Bertz CT molecular complexity index is 955. The number of amides is 3. The maximum atomic E-state index is 13.4. The summed E-state index contributed by atoms with van der Waals surface area (Å²) in [6, 6.07) is 12.1. The Balaban J connectivity index is 1.91. The molecule has 32 heavy (non-hydrogen) atoms. The molecule has 9 nitrogen and oxygen atoms in total. The minimum atomic E-state index is -0.994. The lowest BCUT2D eigenvalue weighted by atomic mass is 10.1. The lowest BCUT2D eigenvalue weighted by Gasteiger charge is -2.30. The van der Waals surface area contributed by atoms with E-state index >= 15 is 0 Å². The Labute approximate surface area is 186 Å². The number of nitrogens with zero attached hydrogens (tertiary/aromatic N) is 2. The van der Waals surface area contributed by atoms with Crippen molar-refractivity contribution in [2.24, 2.45) is 0 Å². The fourth-order valence-electron chi connectivity index (χ4n) is 3.52. The fraction of sp³-hybridized carbons (Fsp3) is 0.348. The molecule has 0 bridgehead atoms. The van der Waals surface area contributed by atoms with Crippen molar-refractivity contribution in [1.82, 2.24) is 4.90 Å². The van der Waals surface area contributed by atoms with Crippen LogP contribution in [0.1, 0.15) is 16.8 Å². The molecule has 0 aliphatic carbocycles. The molecule has 1 saturated heterocycles. The van der Waals surface area contributed by atoms with Crippen molar-refractivity contribution in [3.8, 4) is 11.5 Å². The van der Waals surface area contributed by atoms with Crippen molar-refractivity contribution < 1.29 is 33.3 Å². The Morgan fingerprint density at radius 1 is 0.938 bits per heavy atom. The number of imide groups is 1. The molecule has 0 N–H and O–H groups in total. The summed E-state index contributed by atoms with van der Waals surface area (Å²) in [7, 11) is 5.94. The number of ether oxygens (including phenoxy) is 4. The Hall–Kier alpha value is -3.43. The van der Waals surface area contributed by atoms with Crippen molar-refractivity contribution in [2.45, 2.75) is 18.8 Å². The van der Waals surface area contributed by atoms with Crippen LogP contribution in [0.25, 0.3) is 0 Å². The van der Waals surface area contributed by atoms with E-state index in [-0.39, 0.29) is 13.0 Å². The van der Waals surface area contributed by atoms with Gasteiger partial charge in [0, 0.05) is 19.8 Å². The molecule has 1 atom stereocenters. The van der Waals surface area contributed by atoms with Gasteiger partial charge in [0.15, 0.2) is 6.29 Å². The minimum Gasteiger partial charge on any atom is -0.497 e. The van der Waals surface area contributed by atoms with Crippen LogP contribution in [0.15, 0.2) is 48.5 Å². The van der Waals surface area contributed by atoms with Gasteiger partial charge in [-0.3, -0.25) is 14.4 Å². The third-order valence-corrected chi connectivity index (χ3v) is 5.30. The second-order valence-electron chi connectivity index (χ2n) is 7.07. The van der Waals surface area contributed by atoms with Crippen molar-refractivity contribution in [3.05, 3.63) is 54.1 Å². The van der Waals surface area contributed by atoms with Crippen molar-refractivity contribution in [2.75, 3.05) is 39.9 Å². The van der Waals surface area contributed by atoms with E-state index in [0.29, 0.717) is 22.7 Å². The Morgan fingerprint density at radius 2 is 1.47 bits per heavy atom. The monoisotopic (exact) mass is 442 g/mol. The summed E-state index contributed by atoms with van der Waals surface area (Å²) in [5, 5.41) is 0. The molecule has 3 amide bonds. The van der Waals surface area contributed by atoms with Crippen LogP contribution in [0, 0.1) is 0 Å². The number of benzene rings is 2. The number of anilines is 1. The quantitative estimate of drug-likeness (QED) is 0.434. The van der Waals surface area contributed by atoms with Crippen molar-refractivity contribution in [3.63, 3.8) is 0 Å². The maximum Gasteiger partial charge on any atom is 0.257 e. The summed E-state index contributed by atoms with van der Waals surface area (Å²) < 4.78 is 20.8. The first-order valence-electron chi connectivity index (χ1n) is 9.95. The molecule has 1 heterocycles. The van der Waals surface area contributed by atoms with E-state index < -0.39 is 30.1 Å². The standard InChI is InChI=1S/C23H26N2O7/c1-29-17-9-5-15(6-10-17)22(27)24(14-21(31-3)32-4)19-13-20(26)25(23(19)28)16-7-11-18(30-2)12-8-16/h5-12,19,21H,13-14H2,1-4H3. The zero-order valence-corrected chi connectivity index (χ0v) is 18.4. The first-order valence-corrected chi connectivity index (χ1v) is 9.95. The minimum absolute atomic E-state index is 0.0298. The summed E-state index contributed by atoms with van der Waals surface area (Å²) in [5.74, 6) is -0.118. The van der Waals surface area contributed by atoms with E-state index in [0.717, 1.165) is 4.90 Å². The fourth-order valence-corrected chi connectivity index (χ4v) is 3.52. The summed E-state index contributed by atoms with van der Waals surface area (Å²) in [4.78, 5) is 41.8. The summed E-state index contributed by atoms with van der Waals surface area (Å²) in [6.45, 7) is -0.0298. The van der Waals surface area contributed by atoms with Gasteiger partial charge in [-0.05, 0) is 48.5 Å². The van der Waals surface area contributed by atoms with Gasteiger partial charge in [-0.15, -0.1) is 0 Å². The van der Waals surface area contributed by atoms with Gasteiger partial charge in [0.05, 0.1) is 32.9 Å². The Kier molecular flexibility index (Phi) is 7.45. The number of rotatable bonds is 9. The number of hydrogen-bond acceptors (Lipinski definition) is 7. The molecule has 0 saturated carbocycles. The highest BCUT2D eigenvalue weighted by Crippen LogP contribution is 2.28. The normalized spacial score (nSPS) is 15.9. The van der Waals surface area contributed by atoms with Crippen molar-refractivity contribution in [1.29, 1.82) is 0 Å². The van der Waals surface area contributed by atoms with Crippen LogP contribution in [0.4, 0.5) is 5.69 Å². The smallest absolute Gasteiger partial charge is 0.257 e. The van der Waals surface area contributed by atoms with E-state index in [1.165, 1.54) is 33.3 Å².